The van der Waals surface area contributed by atoms with Gasteiger partial charge < -0.3 is 10.2 Å². The molecule has 0 spiro atoms. The third-order valence-corrected chi connectivity index (χ3v) is 4.94. The highest BCUT2D eigenvalue weighted by molar-refractivity contribution is 6.05. The second kappa shape index (κ2) is 9.41. The minimum atomic E-state index is -1.35. The third-order valence-electron chi connectivity index (χ3n) is 4.94. The van der Waals surface area contributed by atoms with Gasteiger partial charge in [-0.1, -0.05) is 18.2 Å². The molecule has 2 aromatic carbocycles. The van der Waals surface area contributed by atoms with E-state index in [9.17, 15) is 22.4 Å². The average molecular weight is 429 g/mol. The second-order valence-corrected chi connectivity index (χ2v) is 6.99. The fraction of sp³-hybridized carbons (Fsp3) is 0.286. The molecule has 3 rings (SSSR count). The SMILES string of the molecule is CN(C)C1CC=C(c2cccc(NC(=O)c3c(F)cc(F)cc3F)c2F)CC1.Cl. The van der Waals surface area contributed by atoms with Crippen molar-refractivity contribution in [2.24, 2.45) is 0 Å². The van der Waals surface area contributed by atoms with E-state index in [1.54, 1.807) is 12.1 Å². The number of nitrogens with zero attached hydrogens (tertiary/aromatic N) is 1. The lowest BCUT2D eigenvalue weighted by molar-refractivity contribution is 0.101. The summed E-state index contributed by atoms with van der Waals surface area (Å²) in [6, 6.07) is 5.66. The Morgan fingerprint density at radius 1 is 1.10 bits per heavy atom. The molecule has 1 aliphatic rings. The van der Waals surface area contributed by atoms with Gasteiger partial charge in [-0.05, 0) is 45.0 Å². The number of anilines is 1. The number of hydrogen-bond donors (Lipinski definition) is 1. The summed E-state index contributed by atoms with van der Waals surface area (Å²) in [7, 11) is 3.99. The summed E-state index contributed by atoms with van der Waals surface area (Å²) < 4.78 is 55.5. The van der Waals surface area contributed by atoms with Crippen molar-refractivity contribution < 1.29 is 22.4 Å². The Morgan fingerprint density at radius 3 is 2.31 bits per heavy atom. The Balaban J connectivity index is 0.00000300. The first-order chi connectivity index (χ1) is 13.3. The summed E-state index contributed by atoms with van der Waals surface area (Å²) in [6.07, 6.45) is 4.31. The van der Waals surface area contributed by atoms with Crippen molar-refractivity contribution in [3.05, 3.63) is 70.8 Å². The normalized spacial score (nSPS) is 16.2. The molecular formula is C21H21ClF4N2O. The van der Waals surface area contributed by atoms with Crippen molar-refractivity contribution >= 4 is 29.6 Å². The number of nitrogens with one attached hydrogen (secondary N) is 1. The molecule has 8 heteroatoms. The first kappa shape index (κ1) is 22.9. The quantitative estimate of drug-likeness (QED) is 0.660. The van der Waals surface area contributed by atoms with Crippen molar-refractivity contribution in [3.63, 3.8) is 0 Å². The van der Waals surface area contributed by atoms with Crippen molar-refractivity contribution in [2.75, 3.05) is 19.4 Å². The van der Waals surface area contributed by atoms with Crippen molar-refractivity contribution in [1.29, 1.82) is 0 Å². The number of allylic oxidation sites excluding steroid dienone is 1. The van der Waals surface area contributed by atoms with Crippen LogP contribution in [0.4, 0.5) is 23.2 Å². The average Bonchev–Trinajstić information content (AvgIpc) is 2.62. The Hall–Kier alpha value is -2.38. The van der Waals surface area contributed by atoms with E-state index in [4.69, 9.17) is 0 Å². The molecule has 0 aliphatic heterocycles. The first-order valence-corrected chi connectivity index (χ1v) is 8.88. The van der Waals surface area contributed by atoms with Gasteiger partial charge >= 0.3 is 0 Å². The van der Waals surface area contributed by atoms with E-state index in [0.717, 1.165) is 18.4 Å². The van der Waals surface area contributed by atoms with Gasteiger partial charge in [0.25, 0.3) is 5.91 Å². The molecule has 3 nitrogen and oxygen atoms in total. The molecule has 1 atom stereocenters. The zero-order valence-electron chi connectivity index (χ0n) is 15.9. The molecule has 0 saturated carbocycles. The van der Waals surface area contributed by atoms with Crippen molar-refractivity contribution in [3.8, 4) is 0 Å². The van der Waals surface area contributed by atoms with Crippen LogP contribution in [0.3, 0.4) is 0 Å². The van der Waals surface area contributed by atoms with Crippen molar-refractivity contribution in [2.45, 2.75) is 25.3 Å². The molecular weight excluding hydrogens is 408 g/mol. The van der Waals surface area contributed by atoms with Crippen molar-refractivity contribution in [1.82, 2.24) is 4.90 Å². The molecule has 0 bridgehead atoms. The number of hydrogen-bond acceptors (Lipinski definition) is 2. The summed E-state index contributed by atoms with van der Waals surface area (Å²) in [5, 5.41) is 2.18. The highest BCUT2D eigenvalue weighted by Crippen LogP contribution is 2.32. The largest absolute Gasteiger partial charge is 0.319 e. The van der Waals surface area contributed by atoms with E-state index in [1.165, 1.54) is 6.07 Å². The van der Waals surface area contributed by atoms with Crippen LogP contribution < -0.4 is 5.32 Å². The molecule has 1 unspecified atom stereocenters. The van der Waals surface area contributed by atoms with Crippen LogP contribution in [0, 0.1) is 23.3 Å². The molecule has 156 valence electrons. The number of benzene rings is 2. The fourth-order valence-electron chi connectivity index (χ4n) is 3.35. The maximum atomic E-state index is 14.9. The van der Waals surface area contributed by atoms with Gasteiger partial charge in [-0.2, -0.15) is 0 Å². The molecule has 29 heavy (non-hydrogen) atoms. The molecule has 1 aliphatic carbocycles. The zero-order chi connectivity index (χ0) is 20.4. The minimum Gasteiger partial charge on any atom is -0.319 e. The molecule has 1 amide bonds. The topological polar surface area (TPSA) is 32.3 Å². The van der Waals surface area contributed by atoms with E-state index >= 15 is 0 Å². The smallest absolute Gasteiger partial charge is 0.261 e. The van der Waals surface area contributed by atoms with Gasteiger partial charge in [0.2, 0.25) is 0 Å². The first-order valence-electron chi connectivity index (χ1n) is 8.88. The second-order valence-electron chi connectivity index (χ2n) is 6.99. The number of amides is 1. The highest BCUT2D eigenvalue weighted by Gasteiger charge is 2.23. The molecule has 2 aromatic rings. The Kier molecular flexibility index (Phi) is 7.43. The molecule has 0 fully saturated rings. The molecule has 0 heterocycles. The van der Waals surface area contributed by atoms with Crippen LogP contribution in [0.1, 0.15) is 35.2 Å². The van der Waals surface area contributed by atoms with Gasteiger partial charge in [0.15, 0.2) is 5.82 Å². The van der Waals surface area contributed by atoms with Gasteiger partial charge in [-0.25, -0.2) is 17.6 Å². The summed E-state index contributed by atoms with van der Waals surface area (Å²) in [6.45, 7) is 0. The van der Waals surface area contributed by atoms with E-state index in [1.807, 2.05) is 20.2 Å². The number of carbonyl (C=O) groups is 1. The van der Waals surface area contributed by atoms with E-state index in [0.29, 0.717) is 30.2 Å². The van der Waals surface area contributed by atoms with E-state index < -0.39 is 34.7 Å². The van der Waals surface area contributed by atoms with Crippen LogP contribution in [0.25, 0.3) is 5.57 Å². The predicted molar refractivity (Wildman–Crippen MR) is 107 cm³/mol. The Morgan fingerprint density at radius 2 is 1.76 bits per heavy atom. The summed E-state index contributed by atoms with van der Waals surface area (Å²) in [5.41, 5.74) is 0.0130. The third kappa shape index (κ3) is 4.97. The lowest BCUT2D eigenvalue weighted by atomic mass is 9.90. The summed E-state index contributed by atoms with van der Waals surface area (Å²) in [4.78, 5) is 14.3. The Labute approximate surface area is 172 Å². The van der Waals surface area contributed by atoms with Crippen LogP contribution >= 0.6 is 12.4 Å². The predicted octanol–water partition coefficient (Wildman–Crippen LogP) is 5.41. The van der Waals surface area contributed by atoms with Crippen LogP contribution in [0.5, 0.6) is 0 Å². The number of halogens is 5. The van der Waals surface area contributed by atoms with Crippen LogP contribution in [-0.2, 0) is 0 Å². The van der Waals surface area contributed by atoms with Crippen LogP contribution in [0.15, 0.2) is 36.4 Å². The standard InChI is InChI=1S/C21H20F4N2O.ClH/c1-27(2)14-8-6-12(7-9-14)15-4-3-5-18(20(15)25)26-21(28)19-16(23)10-13(22)11-17(19)24;/h3-6,10-11,14H,7-9H2,1-2H3,(H,26,28);1H. The summed E-state index contributed by atoms with van der Waals surface area (Å²) >= 11 is 0. The van der Waals surface area contributed by atoms with Gasteiger partial charge in [0.05, 0.1) is 5.69 Å². The van der Waals surface area contributed by atoms with Gasteiger partial charge in [0, 0.05) is 23.7 Å². The maximum Gasteiger partial charge on any atom is 0.261 e. The van der Waals surface area contributed by atoms with Gasteiger partial charge in [-0.3, -0.25) is 4.79 Å². The van der Waals surface area contributed by atoms with Gasteiger partial charge in [0.1, 0.15) is 23.0 Å². The molecule has 1 N–H and O–H groups in total. The fourth-order valence-corrected chi connectivity index (χ4v) is 3.35. The highest BCUT2D eigenvalue weighted by atomic mass is 35.5. The number of rotatable bonds is 4. The molecule has 0 aromatic heterocycles. The monoisotopic (exact) mass is 428 g/mol. The van der Waals surface area contributed by atoms with Gasteiger partial charge in [-0.15, -0.1) is 12.4 Å². The van der Waals surface area contributed by atoms with E-state index in [-0.39, 0.29) is 18.1 Å². The summed E-state index contributed by atoms with van der Waals surface area (Å²) in [5.74, 6) is -5.70. The van der Waals surface area contributed by atoms with Crippen LogP contribution in [-0.4, -0.2) is 30.9 Å². The molecule has 0 saturated heterocycles. The minimum absolute atomic E-state index is 0. The number of carbonyl (C=O) groups excluding carboxylic acids is 1. The maximum absolute atomic E-state index is 14.9. The Bertz CT molecular complexity index is 923. The lowest BCUT2D eigenvalue weighted by Crippen LogP contribution is -2.29. The van der Waals surface area contributed by atoms with E-state index in [2.05, 4.69) is 10.2 Å². The molecule has 0 radical (unpaired) electrons. The zero-order valence-corrected chi connectivity index (χ0v) is 16.8. The lowest BCUT2D eigenvalue weighted by Gasteiger charge is -2.28. The van der Waals surface area contributed by atoms with Crippen LogP contribution in [0.2, 0.25) is 0 Å².